The van der Waals surface area contributed by atoms with Gasteiger partial charge in [0.1, 0.15) is 5.82 Å². The number of pyridine rings is 1. The molecular weight excluding hydrogens is 256 g/mol. The lowest BCUT2D eigenvalue weighted by atomic mass is 10.1. The molecule has 0 atom stereocenters. The van der Waals surface area contributed by atoms with Gasteiger partial charge in [-0.15, -0.1) is 0 Å². The minimum Gasteiger partial charge on any atom is -0.478 e. The molecule has 1 aromatic heterocycles. The molecule has 0 saturated heterocycles. The number of rotatable bonds is 5. The Morgan fingerprint density at radius 2 is 1.80 bits per heavy atom. The van der Waals surface area contributed by atoms with Crippen LogP contribution in [0.15, 0.2) is 36.4 Å². The molecule has 0 aliphatic heterocycles. The fourth-order valence-corrected chi connectivity index (χ4v) is 1.84. The van der Waals surface area contributed by atoms with Crippen molar-refractivity contribution < 1.29 is 15.0 Å². The number of nitrogens with zero attached hydrogens (tertiary/aromatic N) is 1. The van der Waals surface area contributed by atoms with Crippen molar-refractivity contribution in [1.29, 1.82) is 0 Å². The Balaban J connectivity index is 2.03. The molecule has 0 radical (unpaired) electrons. The molecule has 2 aromatic rings. The molecule has 0 unspecified atom stereocenters. The quantitative estimate of drug-likeness (QED) is 0.777. The van der Waals surface area contributed by atoms with Crippen LogP contribution in [-0.4, -0.2) is 21.2 Å². The van der Waals surface area contributed by atoms with Crippen LogP contribution < -0.4 is 5.32 Å². The minimum absolute atomic E-state index is 0.0328. The van der Waals surface area contributed by atoms with Gasteiger partial charge in [-0.05, 0) is 30.2 Å². The highest BCUT2D eigenvalue weighted by atomic mass is 16.4. The number of aliphatic hydroxyl groups excluding tert-OH is 1. The van der Waals surface area contributed by atoms with Gasteiger partial charge in [-0.3, -0.25) is 0 Å². The average molecular weight is 272 g/mol. The molecule has 0 amide bonds. The van der Waals surface area contributed by atoms with E-state index in [1.807, 2.05) is 24.3 Å². The zero-order valence-electron chi connectivity index (χ0n) is 11.1. The minimum atomic E-state index is -0.971. The molecule has 1 heterocycles. The molecule has 0 aliphatic rings. The third-order valence-corrected chi connectivity index (χ3v) is 3.00. The standard InChI is InChI=1S/C15H16N2O3/c1-10-13(15(19)20)6-7-14(17-10)16-8-11-2-4-12(9-18)5-3-11/h2-7,18H,8-9H2,1H3,(H,16,17)(H,19,20). The maximum Gasteiger partial charge on any atom is 0.337 e. The summed E-state index contributed by atoms with van der Waals surface area (Å²) in [6.45, 7) is 2.29. The van der Waals surface area contributed by atoms with Gasteiger partial charge in [0.2, 0.25) is 0 Å². The SMILES string of the molecule is Cc1nc(NCc2ccc(CO)cc2)ccc1C(=O)O. The number of anilines is 1. The largest absolute Gasteiger partial charge is 0.478 e. The van der Waals surface area contributed by atoms with Crippen LogP contribution in [0.2, 0.25) is 0 Å². The summed E-state index contributed by atoms with van der Waals surface area (Å²) in [6, 6.07) is 10.8. The molecular formula is C15H16N2O3. The van der Waals surface area contributed by atoms with Crippen LogP contribution in [0.3, 0.4) is 0 Å². The summed E-state index contributed by atoms with van der Waals surface area (Å²) in [5, 5.41) is 21.0. The number of carboxylic acids is 1. The third kappa shape index (κ3) is 3.33. The molecule has 20 heavy (non-hydrogen) atoms. The van der Waals surface area contributed by atoms with Crippen molar-refractivity contribution in [3.05, 3.63) is 58.8 Å². The van der Waals surface area contributed by atoms with Gasteiger partial charge in [-0.1, -0.05) is 24.3 Å². The van der Waals surface area contributed by atoms with Crippen LogP contribution in [0.5, 0.6) is 0 Å². The molecule has 3 N–H and O–H groups in total. The van der Waals surface area contributed by atoms with Crippen LogP contribution in [0.1, 0.15) is 27.2 Å². The Hall–Kier alpha value is -2.40. The van der Waals surface area contributed by atoms with E-state index in [-0.39, 0.29) is 12.2 Å². The molecule has 5 heteroatoms. The third-order valence-electron chi connectivity index (χ3n) is 3.00. The summed E-state index contributed by atoms with van der Waals surface area (Å²) < 4.78 is 0. The Labute approximate surface area is 116 Å². The van der Waals surface area contributed by atoms with Crippen LogP contribution in [0.25, 0.3) is 0 Å². The zero-order valence-corrected chi connectivity index (χ0v) is 11.1. The Morgan fingerprint density at radius 1 is 1.15 bits per heavy atom. The number of aliphatic hydroxyl groups is 1. The van der Waals surface area contributed by atoms with E-state index < -0.39 is 5.97 Å². The van der Waals surface area contributed by atoms with E-state index in [4.69, 9.17) is 10.2 Å². The van der Waals surface area contributed by atoms with E-state index >= 15 is 0 Å². The van der Waals surface area contributed by atoms with Gasteiger partial charge in [-0.2, -0.15) is 0 Å². The molecule has 0 fully saturated rings. The Morgan fingerprint density at radius 3 is 2.35 bits per heavy atom. The van der Waals surface area contributed by atoms with Gasteiger partial charge in [0.25, 0.3) is 0 Å². The van der Waals surface area contributed by atoms with E-state index in [0.717, 1.165) is 11.1 Å². The van der Waals surface area contributed by atoms with Gasteiger partial charge in [-0.25, -0.2) is 9.78 Å². The molecule has 104 valence electrons. The molecule has 0 spiro atoms. The van der Waals surface area contributed by atoms with Gasteiger partial charge >= 0.3 is 5.97 Å². The van der Waals surface area contributed by atoms with E-state index in [1.54, 1.807) is 19.1 Å². The van der Waals surface area contributed by atoms with Crippen molar-refractivity contribution in [2.45, 2.75) is 20.1 Å². The Kier molecular flexibility index (Phi) is 4.32. The summed E-state index contributed by atoms with van der Waals surface area (Å²) in [5.74, 6) is -0.333. The fourth-order valence-electron chi connectivity index (χ4n) is 1.84. The molecule has 1 aromatic carbocycles. The highest BCUT2D eigenvalue weighted by Gasteiger charge is 2.08. The number of hydrogen-bond donors (Lipinski definition) is 3. The van der Waals surface area contributed by atoms with E-state index in [1.165, 1.54) is 0 Å². The van der Waals surface area contributed by atoms with E-state index in [0.29, 0.717) is 18.1 Å². The fraction of sp³-hybridized carbons (Fsp3) is 0.200. The second-order valence-electron chi connectivity index (χ2n) is 4.46. The monoisotopic (exact) mass is 272 g/mol. The smallest absolute Gasteiger partial charge is 0.337 e. The van der Waals surface area contributed by atoms with Crippen LogP contribution in [0, 0.1) is 6.92 Å². The maximum absolute atomic E-state index is 10.9. The second kappa shape index (κ2) is 6.16. The summed E-state index contributed by atoms with van der Waals surface area (Å²) in [7, 11) is 0. The second-order valence-corrected chi connectivity index (χ2v) is 4.46. The first kappa shape index (κ1) is 14.0. The zero-order chi connectivity index (χ0) is 14.5. The van der Waals surface area contributed by atoms with Crippen LogP contribution >= 0.6 is 0 Å². The van der Waals surface area contributed by atoms with Gasteiger partial charge < -0.3 is 15.5 Å². The summed E-state index contributed by atoms with van der Waals surface area (Å²) in [4.78, 5) is 15.1. The van der Waals surface area contributed by atoms with Crippen molar-refractivity contribution in [2.24, 2.45) is 0 Å². The maximum atomic E-state index is 10.9. The summed E-state index contributed by atoms with van der Waals surface area (Å²) in [5.41, 5.74) is 2.62. The Bertz CT molecular complexity index is 609. The highest BCUT2D eigenvalue weighted by molar-refractivity contribution is 5.89. The number of benzene rings is 1. The van der Waals surface area contributed by atoms with E-state index in [9.17, 15) is 4.79 Å². The van der Waals surface area contributed by atoms with Gasteiger partial charge in [0.15, 0.2) is 0 Å². The van der Waals surface area contributed by atoms with Gasteiger partial charge in [0, 0.05) is 6.54 Å². The van der Waals surface area contributed by atoms with Crippen molar-refractivity contribution in [3.63, 3.8) is 0 Å². The first-order valence-corrected chi connectivity index (χ1v) is 6.23. The molecule has 2 rings (SSSR count). The lowest BCUT2D eigenvalue weighted by Crippen LogP contribution is -2.06. The first-order valence-electron chi connectivity index (χ1n) is 6.23. The number of carbonyl (C=O) groups is 1. The normalized spacial score (nSPS) is 10.3. The predicted molar refractivity (Wildman–Crippen MR) is 75.6 cm³/mol. The molecule has 0 saturated carbocycles. The highest BCUT2D eigenvalue weighted by Crippen LogP contribution is 2.12. The average Bonchev–Trinajstić information content (AvgIpc) is 2.45. The topological polar surface area (TPSA) is 82.5 Å². The summed E-state index contributed by atoms with van der Waals surface area (Å²) >= 11 is 0. The number of aromatic nitrogens is 1. The van der Waals surface area contributed by atoms with Crippen molar-refractivity contribution in [1.82, 2.24) is 4.98 Å². The van der Waals surface area contributed by atoms with E-state index in [2.05, 4.69) is 10.3 Å². The molecule has 5 nitrogen and oxygen atoms in total. The van der Waals surface area contributed by atoms with Crippen LogP contribution in [0.4, 0.5) is 5.82 Å². The first-order chi connectivity index (χ1) is 9.60. The van der Waals surface area contributed by atoms with Gasteiger partial charge in [0.05, 0.1) is 17.9 Å². The lowest BCUT2D eigenvalue weighted by molar-refractivity contribution is 0.0695. The number of aryl methyl sites for hydroxylation is 1. The predicted octanol–water partition coefficient (Wildman–Crippen LogP) is 2.19. The number of hydrogen-bond acceptors (Lipinski definition) is 4. The number of nitrogens with one attached hydrogen (secondary N) is 1. The van der Waals surface area contributed by atoms with Crippen molar-refractivity contribution in [2.75, 3.05) is 5.32 Å². The van der Waals surface area contributed by atoms with Crippen LogP contribution in [-0.2, 0) is 13.2 Å². The van der Waals surface area contributed by atoms with Crippen molar-refractivity contribution >= 4 is 11.8 Å². The summed E-state index contributed by atoms with van der Waals surface area (Å²) in [6.07, 6.45) is 0. The van der Waals surface area contributed by atoms with Crippen molar-refractivity contribution in [3.8, 4) is 0 Å². The number of carboxylic acid groups (broad SMARTS) is 1. The molecule has 0 aliphatic carbocycles. The lowest BCUT2D eigenvalue weighted by Gasteiger charge is -2.08. The number of aromatic carboxylic acids is 1. The molecule has 0 bridgehead atoms.